The smallest absolute Gasteiger partial charge is 0.0462 e. The molecule has 0 N–H and O–H groups in total. The number of hydrogen-bond acceptors (Lipinski definition) is 4. The first-order valence-corrected chi connectivity index (χ1v) is 15.4. The van der Waals surface area contributed by atoms with Gasteiger partial charge in [0, 0.05) is 46.3 Å². The zero-order chi connectivity index (χ0) is 26.1. The number of hydrogen-bond donors (Lipinski definition) is 0. The molecular formula is C34H29NS3. The van der Waals surface area contributed by atoms with E-state index in [-0.39, 0.29) is 0 Å². The first-order chi connectivity index (χ1) is 18.6. The van der Waals surface area contributed by atoms with E-state index in [0.29, 0.717) is 0 Å². The Morgan fingerprint density at radius 2 is 0.842 bits per heavy atom. The Labute approximate surface area is 237 Å². The molecule has 3 heterocycles. The van der Waals surface area contributed by atoms with Crippen LogP contribution in [-0.2, 0) is 6.42 Å². The minimum Gasteiger partial charge on any atom is -0.311 e. The van der Waals surface area contributed by atoms with E-state index in [2.05, 4.69) is 135 Å². The molecule has 3 aromatic carbocycles. The highest BCUT2D eigenvalue weighted by molar-refractivity contribution is 7.27. The summed E-state index contributed by atoms with van der Waals surface area (Å²) in [4.78, 5) is 10.5. The Morgan fingerprint density at radius 3 is 1.32 bits per heavy atom. The molecule has 0 radical (unpaired) electrons. The van der Waals surface area contributed by atoms with E-state index in [9.17, 15) is 0 Å². The van der Waals surface area contributed by atoms with Gasteiger partial charge in [0.25, 0.3) is 0 Å². The molecular weight excluding hydrogens is 519 g/mol. The van der Waals surface area contributed by atoms with E-state index in [0.717, 1.165) is 23.5 Å². The van der Waals surface area contributed by atoms with Crippen molar-refractivity contribution in [2.45, 2.75) is 27.2 Å². The predicted octanol–water partition coefficient (Wildman–Crippen LogP) is 11.5. The largest absolute Gasteiger partial charge is 0.311 e. The van der Waals surface area contributed by atoms with Crippen molar-refractivity contribution in [3.05, 3.63) is 125 Å². The average Bonchev–Trinajstić information content (AvgIpc) is 3.72. The van der Waals surface area contributed by atoms with Crippen molar-refractivity contribution < 1.29 is 0 Å². The van der Waals surface area contributed by atoms with E-state index in [1.165, 1.54) is 46.0 Å². The molecule has 38 heavy (non-hydrogen) atoms. The van der Waals surface area contributed by atoms with Crippen LogP contribution in [0.2, 0.25) is 0 Å². The van der Waals surface area contributed by atoms with Crippen molar-refractivity contribution in [2.24, 2.45) is 0 Å². The monoisotopic (exact) mass is 547 g/mol. The van der Waals surface area contributed by atoms with Gasteiger partial charge in [0.2, 0.25) is 0 Å². The predicted molar refractivity (Wildman–Crippen MR) is 170 cm³/mol. The number of anilines is 3. The van der Waals surface area contributed by atoms with E-state index >= 15 is 0 Å². The third-order valence-electron chi connectivity index (χ3n) is 6.70. The summed E-state index contributed by atoms with van der Waals surface area (Å²) in [6, 6.07) is 40.0. The average molecular weight is 548 g/mol. The van der Waals surface area contributed by atoms with Crippen LogP contribution < -0.4 is 4.90 Å². The zero-order valence-corrected chi connectivity index (χ0v) is 24.2. The van der Waals surface area contributed by atoms with Crippen LogP contribution in [0.25, 0.3) is 29.9 Å². The maximum Gasteiger partial charge on any atom is 0.0462 e. The molecule has 0 saturated heterocycles. The van der Waals surface area contributed by atoms with Gasteiger partial charge in [0.05, 0.1) is 0 Å². The Hall–Kier alpha value is -3.44. The summed E-state index contributed by atoms with van der Waals surface area (Å²) in [5.74, 6) is 0. The SMILES string of the molecule is CCc1ccc(-c2ccc(-c3ccc(-c4ccc(N(c5ccc(C)cc5)c5ccc(C)cc5)cc4)s3)s2)s1. The molecule has 0 unspecified atom stereocenters. The third-order valence-corrected chi connectivity index (χ3v) is 10.5. The van der Waals surface area contributed by atoms with Crippen LogP contribution in [0.5, 0.6) is 0 Å². The number of aryl methyl sites for hydroxylation is 3. The zero-order valence-electron chi connectivity index (χ0n) is 21.8. The lowest BCUT2D eigenvalue weighted by molar-refractivity contribution is 1.19. The van der Waals surface area contributed by atoms with Crippen LogP contribution in [0.15, 0.2) is 109 Å². The minimum atomic E-state index is 1.10. The van der Waals surface area contributed by atoms with Gasteiger partial charge < -0.3 is 4.90 Å². The highest BCUT2D eigenvalue weighted by Gasteiger charge is 2.14. The highest BCUT2D eigenvalue weighted by atomic mass is 32.1. The van der Waals surface area contributed by atoms with Crippen LogP contribution in [0.3, 0.4) is 0 Å². The van der Waals surface area contributed by atoms with E-state index < -0.39 is 0 Å². The van der Waals surface area contributed by atoms with Gasteiger partial charge in [0.15, 0.2) is 0 Å². The fourth-order valence-corrected chi connectivity index (χ4v) is 7.68. The third kappa shape index (κ3) is 5.12. The first kappa shape index (κ1) is 24.9. The van der Waals surface area contributed by atoms with Gasteiger partial charge in [-0.25, -0.2) is 0 Å². The Balaban J connectivity index is 1.27. The van der Waals surface area contributed by atoms with Crippen molar-refractivity contribution >= 4 is 51.1 Å². The summed E-state index contributed by atoms with van der Waals surface area (Å²) < 4.78 is 0. The molecule has 4 heteroatoms. The standard InChI is InChI=1S/C34H29NS3/c1-4-29-17-18-31(36-29)32-21-22-34(38-32)33-20-19-30(37-33)25-9-15-28(16-10-25)35(26-11-5-23(2)6-12-26)27-13-7-24(3)8-14-27/h5-22H,4H2,1-3H3. The Bertz CT molecular complexity index is 1600. The normalized spacial score (nSPS) is 11.1. The fourth-order valence-electron chi connectivity index (χ4n) is 4.54. The van der Waals surface area contributed by atoms with E-state index in [1.54, 1.807) is 0 Å². The molecule has 0 spiro atoms. The summed E-state index contributed by atoms with van der Waals surface area (Å²) in [6.07, 6.45) is 1.10. The molecule has 0 saturated carbocycles. The number of benzene rings is 3. The van der Waals surface area contributed by atoms with Crippen molar-refractivity contribution in [3.63, 3.8) is 0 Å². The summed E-state index contributed by atoms with van der Waals surface area (Å²) in [5.41, 5.74) is 7.26. The van der Waals surface area contributed by atoms with Gasteiger partial charge in [-0.05, 0) is 98.6 Å². The second-order valence-electron chi connectivity index (χ2n) is 9.50. The van der Waals surface area contributed by atoms with Crippen LogP contribution in [0.4, 0.5) is 17.1 Å². The van der Waals surface area contributed by atoms with Crippen LogP contribution >= 0.6 is 34.0 Å². The first-order valence-electron chi connectivity index (χ1n) is 12.9. The van der Waals surface area contributed by atoms with Crippen LogP contribution in [-0.4, -0.2) is 0 Å². The summed E-state index contributed by atoms with van der Waals surface area (Å²) in [6.45, 7) is 6.48. The van der Waals surface area contributed by atoms with E-state index in [4.69, 9.17) is 0 Å². The number of thiophene rings is 3. The Kier molecular flexibility index (Phi) is 7.03. The van der Waals surface area contributed by atoms with Gasteiger partial charge in [-0.1, -0.05) is 54.4 Å². The maximum absolute atomic E-state index is 2.32. The maximum atomic E-state index is 2.32. The molecule has 0 fully saturated rings. The molecule has 188 valence electrons. The molecule has 0 bridgehead atoms. The molecule has 0 aliphatic rings. The van der Waals surface area contributed by atoms with E-state index in [1.807, 2.05) is 34.0 Å². The lowest BCUT2D eigenvalue weighted by Gasteiger charge is -2.26. The number of rotatable bonds is 7. The lowest BCUT2D eigenvalue weighted by atomic mass is 10.1. The Morgan fingerprint density at radius 1 is 0.447 bits per heavy atom. The minimum absolute atomic E-state index is 1.10. The molecule has 0 aliphatic heterocycles. The van der Waals surface area contributed by atoms with Crippen LogP contribution in [0.1, 0.15) is 22.9 Å². The van der Waals surface area contributed by atoms with Gasteiger partial charge in [-0.15, -0.1) is 34.0 Å². The van der Waals surface area contributed by atoms with Crippen molar-refractivity contribution in [1.82, 2.24) is 0 Å². The summed E-state index contributed by atoms with van der Waals surface area (Å²) >= 11 is 5.66. The molecule has 0 amide bonds. The topological polar surface area (TPSA) is 3.24 Å². The summed E-state index contributed by atoms with van der Waals surface area (Å²) in [7, 11) is 0. The van der Waals surface area contributed by atoms with Crippen molar-refractivity contribution in [1.29, 1.82) is 0 Å². The van der Waals surface area contributed by atoms with Crippen molar-refractivity contribution in [3.8, 4) is 29.9 Å². The second-order valence-corrected chi connectivity index (χ2v) is 12.8. The fraction of sp³-hybridized carbons (Fsp3) is 0.118. The van der Waals surface area contributed by atoms with Gasteiger partial charge >= 0.3 is 0 Å². The van der Waals surface area contributed by atoms with Crippen LogP contribution in [0, 0.1) is 13.8 Å². The number of nitrogens with zero attached hydrogens (tertiary/aromatic N) is 1. The molecule has 1 nitrogen and oxygen atoms in total. The molecule has 0 aliphatic carbocycles. The lowest BCUT2D eigenvalue weighted by Crippen LogP contribution is -2.09. The van der Waals surface area contributed by atoms with Gasteiger partial charge in [-0.3, -0.25) is 0 Å². The summed E-state index contributed by atoms with van der Waals surface area (Å²) in [5, 5.41) is 0. The molecule has 3 aromatic heterocycles. The van der Waals surface area contributed by atoms with Gasteiger partial charge in [0.1, 0.15) is 0 Å². The molecule has 6 rings (SSSR count). The van der Waals surface area contributed by atoms with Crippen molar-refractivity contribution in [2.75, 3.05) is 4.90 Å². The molecule has 0 atom stereocenters. The van der Waals surface area contributed by atoms with Gasteiger partial charge in [-0.2, -0.15) is 0 Å². The highest BCUT2D eigenvalue weighted by Crippen LogP contribution is 2.42. The quantitative estimate of drug-likeness (QED) is 0.192. The second kappa shape index (κ2) is 10.7. The molecule has 6 aromatic rings.